The number of carbonyl (C=O) groups is 2. The van der Waals surface area contributed by atoms with Crippen molar-refractivity contribution in [2.75, 3.05) is 6.54 Å². The lowest BCUT2D eigenvalue weighted by Crippen LogP contribution is -2.41. The molecule has 0 bridgehead atoms. The summed E-state index contributed by atoms with van der Waals surface area (Å²) in [6, 6.07) is 0.333. The van der Waals surface area contributed by atoms with Crippen LogP contribution in [0.5, 0.6) is 0 Å². The van der Waals surface area contributed by atoms with Crippen molar-refractivity contribution in [1.29, 1.82) is 0 Å². The highest BCUT2D eigenvalue weighted by Gasteiger charge is 2.29. The highest BCUT2D eigenvalue weighted by Crippen LogP contribution is 2.23. The Bertz CT molecular complexity index is 283. The van der Waals surface area contributed by atoms with E-state index in [1.165, 1.54) is 12.8 Å². The van der Waals surface area contributed by atoms with E-state index in [1.807, 2.05) is 0 Å². The second kappa shape index (κ2) is 4.85. The van der Waals surface area contributed by atoms with E-state index in [0.717, 1.165) is 18.8 Å². The zero-order valence-electron chi connectivity index (χ0n) is 9.79. The summed E-state index contributed by atoms with van der Waals surface area (Å²) in [5.41, 5.74) is 0. The zero-order chi connectivity index (χ0) is 11.5. The van der Waals surface area contributed by atoms with Crippen LogP contribution in [0.3, 0.4) is 0 Å². The number of amides is 2. The molecule has 2 N–H and O–H groups in total. The van der Waals surface area contributed by atoms with E-state index in [0.29, 0.717) is 19.0 Å². The van der Waals surface area contributed by atoms with Crippen molar-refractivity contribution in [3.63, 3.8) is 0 Å². The van der Waals surface area contributed by atoms with Crippen molar-refractivity contribution in [1.82, 2.24) is 10.6 Å². The first-order valence-electron chi connectivity index (χ1n) is 6.22. The van der Waals surface area contributed by atoms with Gasteiger partial charge in [0, 0.05) is 19.0 Å². The van der Waals surface area contributed by atoms with Crippen LogP contribution in [0.2, 0.25) is 0 Å². The van der Waals surface area contributed by atoms with Gasteiger partial charge >= 0.3 is 0 Å². The third-order valence-electron chi connectivity index (χ3n) is 3.71. The lowest BCUT2D eigenvalue weighted by Gasteiger charge is -2.27. The standard InChI is InChI=1S/C12H20N2O2/c1-8-2-4-10(5-3-8)14-12(16)9-6-11(15)13-7-9/h8-10H,2-7H2,1H3,(H,13,15)(H,14,16). The smallest absolute Gasteiger partial charge is 0.225 e. The third-order valence-corrected chi connectivity index (χ3v) is 3.71. The molecular formula is C12H20N2O2. The van der Waals surface area contributed by atoms with Crippen molar-refractivity contribution < 1.29 is 9.59 Å². The largest absolute Gasteiger partial charge is 0.355 e. The highest BCUT2D eigenvalue weighted by atomic mass is 16.2. The van der Waals surface area contributed by atoms with Crippen LogP contribution in [0.25, 0.3) is 0 Å². The molecule has 90 valence electrons. The van der Waals surface area contributed by atoms with Crippen molar-refractivity contribution in [2.45, 2.75) is 45.1 Å². The van der Waals surface area contributed by atoms with Gasteiger partial charge in [-0.1, -0.05) is 6.92 Å². The van der Waals surface area contributed by atoms with Gasteiger partial charge in [-0.25, -0.2) is 0 Å². The Kier molecular flexibility index (Phi) is 3.46. The van der Waals surface area contributed by atoms with Gasteiger partial charge in [-0.15, -0.1) is 0 Å². The predicted octanol–water partition coefficient (Wildman–Crippen LogP) is 0.817. The Morgan fingerprint density at radius 3 is 2.56 bits per heavy atom. The first-order valence-corrected chi connectivity index (χ1v) is 6.22. The molecule has 16 heavy (non-hydrogen) atoms. The Morgan fingerprint density at radius 2 is 2.00 bits per heavy atom. The van der Waals surface area contributed by atoms with Crippen LogP contribution >= 0.6 is 0 Å². The van der Waals surface area contributed by atoms with Crippen molar-refractivity contribution in [2.24, 2.45) is 11.8 Å². The van der Waals surface area contributed by atoms with Crippen LogP contribution in [-0.4, -0.2) is 24.4 Å². The average Bonchev–Trinajstić information content (AvgIpc) is 2.68. The van der Waals surface area contributed by atoms with E-state index in [1.54, 1.807) is 0 Å². The van der Waals surface area contributed by atoms with Crippen LogP contribution in [-0.2, 0) is 9.59 Å². The Hall–Kier alpha value is -1.06. The second-order valence-electron chi connectivity index (χ2n) is 5.17. The molecule has 0 aromatic carbocycles. The molecule has 2 fully saturated rings. The highest BCUT2D eigenvalue weighted by molar-refractivity contribution is 5.89. The number of nitrogens with one attached hydrogen (secondary N) is 2. The number of hydrogen-bond donors (Lipinski definition) is 2. The summed E-state index contributed by atoms with van der Waals surface area (Å²) in [5, 5.41) is 5.77. The van der Waals surface area contributed by atoms with E-state index in [-0.39, 0.29) is 17.7 Å². The minimum absolute atomic E-state index is 0.00239. The molecule has 0 spiro atoms. The van der Waals surface area contributed by atoms with Crippen LogP contribution in [0.4, 0.5) is 0 Å². The molecular weight excluding hydrogens is 204 g/mol. The lowest BCUT2D eigenvalue weighted by atomic mass is 9.87. The summed E-state index contributed by atoms with van der Waals surface area (Å²) in [4.78, 5) is 22.8. The molecule has 0 aromatic heterocycles. The van der Waals surface area contributed by atoms with Gasteiger partial charge in [0.2, 0.25) is 11.8 Å². The number of hydrogen-bond acceptors (Lipinski definition) is 2. The van der Waals surface area contributed by atoms with E-state index < -0.39 is 0 Å². The summed E-state index contributed by atoms with van der Waals surface area (Å²) < 4.78 is 0. The first kappa shape index (κ1) is 11.4. The summed E-state index contributed by atoms with van der Waals surface area (Å²) in [5.74, 6) is 0.699. The maximum Gasteiger partial charge on any atom is 0.225 e. The Labute approximate surface area is 96.2 Å². The van der Waals surface area contributed by atoms with E-state index in [4.69, 9.17) is 0 Å². The molecule has 1 aliphatic carbocycles. The Balaban J connectivity index is 1.77. The summed E-state index contributed by atoms with van der Waals surface area (Å²) in [6.07, 6.45) is 4.93. The third kappa shape index (κ3) is 2.74. The second-order valence-corrected chi connectivity index (χ2v) is 5.17. The lowest BCUT2D eigenvalue weighted by molar-refractivity contribution is -0.127. The fourth-order valence-corrected chi connectivity index (χ4v) is 2.51. The molecule has 1 saturated heterocycles. The fraction of sp³-hybridized carbons (Fsp3) is 0.833. The van der Waals surface area contributed by atoms with Gasteiger partial charge in [-0.05, 0) is 31.6 Å². The van der Waals surface area contributed by atoms with Gasteiger partial charge in [-0.3, -0.25) is 9.59 Å². The SMILES string of the molecule is CC1CCC(NC(=O)C2CNC(=O)C2)CC1. The maximum atomic E-state index is 11.8. The van der Waals surface area contributed by atoms with Gasteiger partial charge < -0.3 is 10.6 Å². The number of carbonyl (C=O) groups excluding carboxylic acids is 2. The molecule has 4 heteroatoms. The molecule has 2 rings (SSSR count). The molecule has 0 radical (unpaired) electrons. The van der Waals surface area contributed by atoms with E-state index in [2.05, 4.69) is 17.6 Å². The van der Waals surface area contributed by atoms with Crippen LogP contribution < -0.4 is 10.6 Å². The molecule has 2 aliphatic rings. The maximum absolute atomic E-state index is 11.8. The number of rotatable bonds is 2. The van der Waals surface area contributed by atoms with Gasteiger partial charge in [0.1, 0.15) is 0 Å². The molecule has 0 aromatic rings. The molecule has 1 unspecified atom stereocenters. The quantitative estimate of drug-likeness (QED) is 0.729. The monoisotopic (exact) mass is 224 g/mol. The molecule has 1 saturated carbocycles. The molecule has 2 amide bonds. The van der Waals surface area contributed by atoms with Crippen molar-refractivity contribution >= 4 is 11.8 Å². The topological polar surface area (TPSA) is 58.2 Å². The average molecular weight is 224 g/mol. The predicted molar refractivity (Wildman–Crippen MR) is 60.7 cm³/mol. The molecule has 1 heterocycles. The minimum atomic E-state index is -0.146. The van der Waals surface area contributed by atoms with Gasteiger partial charge in [0.05, 0.1) is 5.92 Å². The van der Waals surface area contributed by atoms with E-state index >= 15 is 0 Å². The fourth-order valence-electron chi connectivity index (χ4n) is 2.51. The normalized spacial score (nSPS) is 34.6. The van der Waals surface area contributed by atoms with Gasteiger partial charge in [0.15, 0.2) is 0 Å². The summed E-state index contributed by atoms with van der Waals surface area (Å²) in [6.45, 7) is 2.77. The molecule has 1 atom stereocenters. The van der Waals surface area contributed by atoms with Crippen LogP contribution in [0.1, 0.15) is 39.0 Å². The van der Waals surface area contributed by atoms with Crippen LogP contribution in [0.15, 0.2) is 0 Å². The van der Waals surface area contributed by atoms with Crippen molar-refractivity contribution in [3.05, 3.63) is 0 Å². The summed E-state index contributed by atoms with van der Waals surface area (Å²) >= 11 is 0. The van der Waals surface area contributed by atoms with Gasteiger partial charge in [0.25, 0.3) is 0 Å². The minimum Gasteiger partial charge on any atom is -0.355 e. The molecule has 4 nitrogen and oxygen atoms in total. The summed E-state index contributed by atoms with van der Waals surface area (Å²) in [7, 11) is 0. The first-order chi connectivity index (χ1) is 7.65. The Morgan fingerprint density at radius 1 is 1.31 bits per heavy atom. The molecule has 1 aliphatic heterocycles. The van der Waals surface area contributed by atoms with Gasteiger partial charge in [-0.2, -0.15) is 0 Å². The van der Waals surface area contributed by atoms with E-state index in [9.17, 15) is 9.59 Å². The zero-order valence-corrected chi connectivity index (χ0v) is 9.79. The van der Waals surface area contributed by atoms with Crippen molar-refractivity contribution in [3.8, 4) is 0 Å². The van der Waals surface area contributed by atoms with Crippen LogP contribution in [0, 0.1) is 11.8 Å².